The number of carbonyl (C=O) groups excluding carboxylic acids is 2. The van der Waals surface area contributed by atoms with Crippen LogP contribution >= 0.6 is 22.9 Å². The number of nitrogens with two attached hydrogens (primary N) is 2. The van der Waals surface area contributed by atoms with Gasteiger partial charge in [-0.05, 0) is 31.2 Å². The summed E-state index contributed by atoms with van der Waals surface area (Å²) >= 11 is 6.87. The van der Waals surface area contributed by atoms with Crippen LogP contribution in [-0.4, -0.2) is 94.6 Å². The molecule has 1 aromatic heterocycles. The van der Waals surface area contributed by atoms with E-state index in [1.54, 1.807) is 12.1 Å². The molecule has 1 aliphatic heterocycles. The Bertz CT molecular complexity index is 1470. The molecule has 0 spiro atoms. The normalized spacial score (nSPS) is 17.8. The topological polar surface area (TPSA) is 273 Å². The third-order valence-electron chi connectivity index (χ3n) is 5.45. The molecule has 0 saturated carbocycles. The van der Waals surface area contributed by atoms with Crippen LogP contribution in [0.15, 0.2) is 29.4 Å². The monoisotopic (exact) mass is 632 g/mol. The van der Waals surface area contributed by atoms with Crippen molar-refractivity contribution in [1.29, 1.82) is 5.41 Å². The maximum Gasteiger partial charge on any atom is 0.362 e. The number of nitrogen functional groups attached to an aromatic ring is 1. The first-order chi connectivity index (χ1) is 19.2. The Labute approximate surface area is 241 Å². The third kappa shape index (κ3) is 7.58. The number of benzene rings is 1. The van der Waals surface area contributed by atoms with E-state index < -0.39 is 58.6 Å². The molecule has 1 aromatic carbocycles. The maximum atomic E-state index is 13.0. The van der Waals surface area contributed by atoms with E-state index in [9.17, 15) is 27.9 Å². The van der Waals surface area contributed by atoms with Crippen molar-refractivity contribution in [2.45, 2.75) is 25.1 Å². The molecule has 41 heavy (non-hydrogen) atoms. The number of carbonyl (C=O) groups is 3. The molecule has 2 aromatic rings. The lowest BCUT2D eigenvalue weighted by molar-refractivity contribution is -0.152. The first-order valence-electron chi connectivity index (χ1n) is 11.5. The fourth-order valence-electron chi connectivity index (χ4n) is 3.42. The second-order valence-electron chi connectivity index (χ2n) is 8.28. The minimum atomic E-state index is -4.85. The van der Waals surface area contributed by atoms with Crippen LogP contribution in [0.25, 0.3) is 0 Å². The molecular formula is C21H25ClN8O9S2. The summed E-state index contributed by atoms with van der Waals surface area (Å²) in [5.41, 5.74) is 10.6. The van der Waals surface area contributed by atoms with Crippen molar-refractivity contribution in [2.75, 3.05) is 25.4 Å². The van der Waals surface area contributed by atoms with E-state index in [0.29, 0.717) is 18.7 Å². The highest BCUT2D eigenvalue weighted by Crippen LogP contribution is 2.28. The summed E-state index contributed by atoms with van der Waals surface area (Å²) in [7, 11) is -4.85. The van der Waals surface area contributed by atoms with Crippen LogP contribution in [0.4, 0.5) is 5.13 Å². The molecule has 0 bridgehead atoms. The predicted molar refractivity (Wildman–Crippen MR) is 146 cm³/mol. The first kappa shape index (κ1) is 31.5. The van der Waals surface area contributed by atoms with Crippen LogP contribution < -0.4 is 26.8 Å². The average Bonchev–Trinajstić information content (AvgIpc) is 3.24. The minimum absolute atomic E-state index is 0.0657. The molecule has 2 amide bonds. The Kier molecular flexibility index (Phi) is 10.0. The van der Waals surface area contributed by atoms with E-state index in [0.717, 1.165) is 11.3 Å². The number of ether oxygens (including phenoxy) is 1. The Morgan fingerprint density at radius 3 is 2.51 bits per heavy atom. The molecule has 1 aliphatic rings. The quantitative estimate of drug-likeness (QED) is 0.0460. The van der Waals surface area contributed by atoms with Crippen molar-refractivity contribution in [3.05, 3.63) is 39.9 Å². The number of β-lactam (4-membered cyclic amide) rings is 1. The molecule has 0 aliphatic carbocycles. The third-order valence-corrected chi connectivity index (χ3v) is 7.54. The first-order valence-corrected chi connectivity index (χ1v) is 14.1. The molecule has 222 valence electrons. The fourth-order valence-corrected chi connectivity index (χ4v) is 5.23. The molecule has 3 atom stereocenters. The number of anilines is 1. The van der Waals surface area contributed by atoms with Gasteiger partial charge in [0.15, 0.2) is 10.8 Å². The van der Waals surface area contributed by atoms with Gasteiger partial charge >= 0.3 is 16.3 Å². The number of aromatic nitrogens is 1. The second kappa shape index (κ2) is 13.1. The fraction of sp³-hybridized carbons (Fsp3) is 0.333. The van der Waals surface area contributed by atoms with Crippen molar-refractivity contribution < 1.29 is 42.0 Å². The van der Waals surface area contributed by atoms with Crippen LogP contribution in [0, 0.1) is 5.41 Å². The van der Waals surface area contributed by atoms with Gasteiger partial charge in [-0.3, -0.25) is 19.6 Å². The lowest BCUT2D eigenvalue weighted by atomic mass is 10.0. The summed E-state index contributed by atoms with van der Waals surface area (Å²) in [5.74, 6) is -3.37. The Balaban J connectivity index is 1.75. The number of hydrogen-bond donors (Lipinski definition) is 7. The number of hydrogen-bond acceptors (Lipinski definition) is 13. The number of carboxylic acids is 1. The van der Waals surface area contributed by atoms with Crippen molar-refractivity contribution in [1.82, 2.24) is 19.9 Å². The summed E-state index contributed by atoms with van der Waals surface area (Å²) in [5, 5.41) is 26.1. The summed E-state index contributed by atoms with van der Waals surface area (Å²) in [6.45, 7) is 1.45. The SMILES string of the molecule is C[C@H]1[C@H](NC(=O)/C(=N\OC(COc2ccc(C(=N)NCCN)cc2)C(=O)O)c2nc(N)sc2Cl)C(=O)N1S(=O)(=O)O. The predicted octanol–water partition coefficient (Wildman–Crippen LogP) is -0.976. The smallest absolute Gasteiger partial charge is 0.362 e. The van der Waals surface area contributed by atoms with Gasteiger partial charge in [0, 0.05) is 18.7 Å². The van der Waals surface area contributed by atoms with E-state index in [1.807, 2.05) is 0 Å². The van der Waals surface area contributed by atoms with Gasteiger partial charge in [0.05, 0.1) is 6.04 Å². The highest BCUT2D eigenvalue weighted by Gasteiger charge is 2.51. The maximum absolute atomic E-state index is 13.0. The second-order valence-corrected chi connectivity index (χ2v) is 11.2. The van der Waals surface area contributed by atoms with Crippen LogP contribution in [0.3, 0.4) is 0 Å². The molecular weight excluding hydrogens is 608 g/mol. The Hall–Kier alpha value is -4.04. The summed E-state index contributed by atoms with van der Waals surface area (Å²) < 4.78 is 37.3. The van der Waals surface area contributed by atoms with Gasteiger partial charge in [0.25, 0.3) is 17.9 Å². The van der Waals surface area contributed by atoms with Gasteiger partial charge in [-0.2, -0.15) is 8.42 Å². The standard InChI is InChI=1S/C21H25ClN8O9S2/c1-9-13(19(32)30(9)41(35,36)37)27-18(31)15(14-16(22)40-21(25)28-14)29-39-12(20(33)34)8-38-11-4-2-10(3-5-11)17(24)26-7-6-23/h2-5,9,12-13H,6-8,23H2,1H3,(H2,24,26)(H2,25,28)(H,27,31)(H,33,34)(H,35,36,37)/b29-15-/t9-,12?,13-/m0/s1. The summed E-state index contributed by atoms with van der Waals surface area (Å²) in [6, 6.07) is 3.61. The molecule has 9 N–H and O–H groups in total. The van der Waals surface area contributed by atoms with Crippen molar-refractivity contribution in [3.63, 3.8) is 0 Å². The van der Waals surface area contributed by atoms with E-state index in [4.69, 9.17) is 42.6 Å². The minimum Gasteiger partial charge on any atom is -0.489 e. The number of aliphatic carboxylic acids is 1. The highest BCUT2D eigenvalue weighted by atomic mass is 35.5. The number of thiazole rings is 1. The van der Waals surface area contributed by atoms with Crippen LogP contribution in [-0.2, 0) is 29.5 Å². The van der Waals surface area contributed by atoms with Gasteiger partial charge in [-0.25, -0.2) is 14.1 Å². The largest absolute Gasteiger partial charge is 0.489 e. The summed E-state index contributed by atoms with van der Waals surface area (Å²) in [6.07, 6.45) is -1.74. The number of rotatable bonds is 13. The van der Waals surface area contributed by atoms with Gasteiger partial charge in [0.2, 0.25) is 0 Å². The molecule has 0 radical (unpaired) electrons. The van der Waals surface area contributed by atoms with Gasteiger partial charge in [-0.1, -0.05) is 28.1 Å². The number of oxime groups is 1. The Morgan fingerprint density at radius 2 is 2.00 bits per heavy atom. The lowest BCUT2D eigenvalue weighted by Gasteiger charge is -2.42. The van der Waals surface area contributed by atoms with Crippen molar-refractivity contribution in [3.8, 4) is 5.75 Å². The van der Waals surface area contributed by atoms with Crippen LogP contribution in [0.2, 0.25) is 4.34 Å². The molecule has 1 unspecified atom stereocenters. The van der Waals surface area contributed by atoms with E-state index >= 15 is 0 Å². The number of amidine groups is 1. The summed E-state index contributed by atoms with van der Waals surface area (Å²) in [4.78, 5) is 46.0. The number of nitrogens with one attached hydrogen (secondary N) is 3. The zero-order valence-electron chi connectivity index (χ0n) is 21.1. The van der Waals surface area contributed by atoms with Crippen molar-refractivity contribution >= 4 is 67.7 Å². The highest BCUT2D eigenvalue weighted by molar-refractivity contribution is 7.84. The van der Waals surface area contributed by atoms with Gasteiger partial charge in [-0.15, -0.1) is 0 Å². The van der Waals surface area contributed by atoms with Gasteiger partial charge in [0.1, 0.15) is 34.3 Å². The molecule has 1 fully saturated rings. The molecule has 20 heteroatoms. The van der Waals surface area contributed by atoms with Crippen LogP contribution in [0.1, 0.15) is 18.2 Å². The number of amides is 2. The molecule has 3 rings (SSSR count). The van der Waals surface area contributed by atoms with E-state index in [-0.39, 0.29) is 31.1 Å². The number of carboxylic acid groups (broad SMARTS) is 1. The zero-order chi connectivity index (χ0) is 30.5. The molecule has 17 nitrogen and oxygen atoms in total. The van der Waals surface area contributed by atoms with E-state index in [1.165, 1.54) is 19.1 Å². The number of halogens is 1. The molecule has 1 saturated heterocycles. The molecule has 2 heterocycles. The lowest BCUT2D eigenvalue weighted by Crippen LogP contribution is -2.71. The zero-order valence-corrected chi connectivity index (χ0v) is 23.5. The van der Waals surface area contributed by atoms with E-state index in [2.05, 4.69) is 20.8 Å². The van der Waals surface area contributed by atoms with Crippen LogP contribution in [0.5, 0.6) is 5.75 Å². The number of nitrogens with zero attached hydrogens (tertiary/aromatic N) is 3. The van der Waals surface area contributed by atoms with Crippen molar-refractivity contribution in [2.24, 2.45) is 10.9 Å². The Morgan fingerprint density at radius 1 is 1.34 bits per heavy atom. The average molecular weight is 633 g/mol. The van der Waals surface area contributed by atoms with Gasteiger partial charge < -0.3 is 36.8 Å².